The van der Waals surface area contributed by atoms with Crippen molar-refractivity contribution in [1.82, 2.24) is 5.32 Å². The lowest BCUT2D eigenvalue weighted by molar-refractivity contribution is -0.122. The van der Waals surface area contributed by atoms with Crippen molar-refractivity contribution in [1.29, 1.82) is 0 Å². The van der Waals surface area contributed by atoms with E-state index in [1.807, 2.05) is 13.0 Å². The van der Waals surface area contributed by atoms with Crippen LogP contribution in [0.3, 0.4) is 0 Å². The van der Waals surface area contributed by atoms with Crippen LogP contribution in [-0.4, -0.2) is 17.9 Å². The molecule has 1 aliphatic rings. The number of carbonyl (C=O) groups is 2. The number of rotatable bonds is 8. The molecular formula is C26H28N2O4. The van der Waals surface area contributed by atoms with Crippen LogP contribution in [0.25, 0.3) is 0 Å². The maximum atomic E-state index is 13.0. The molecule has 0 aliphatic heterocycles. The average molecular weight is 433 g/mol. The molecule has 0 saturated heterocycles. The zero-order valence-electron chi connectivity index (χ0n) is 18.2. The van der Waals surface area contributed by atoms with Crippen molar-refractivity contribution in [3.05, 3.63) is 83.3 Å². The highest BCUT2D eigenvalue weighted by molar-refractivity contribution is 6.04. The van der Waals surface area contributed by atoms with Gasteiger partial charge in [-0.05, 0) is 79.6 Å². The highest BCUT2D eigenvalue weighted by atomic mass is 16.5. The predicted molar refractivity (Wildman–Crippen MR) is 123 cm³/mol. The lowest BCUT2D eigenvalue weighted by Gasteiger charge is -2.21. The Bertz CT molecular complexity index is 1080. The Hall–Kier alpha value is -3.54. The molecule has 4 rings (SSSR count). The van der Waals surface area contributed by atoms with Crippen LogP contribution in [0.2, 0.25) is 0 Å². The number of benzene rings is 2. The van der Waals surface area contributed by atoms with Gasteiger partial charge in [-0.1, -0.05) is 25.1 Å². The number of fused-ring (bicyclic) bond motifs is 1. The summed E-state index contributed by atoms with van der Waals surface area (Å²) in [6.07, 6.45) is 5.98. The normalized spacial score (nSPS) is 13.7. The van der Waals surface area contributed by atoms with E-state index in [1.54, 1.807) is 42.7 Å². The SMILES string of the molecule is CC[C@@H](Oc1ccc2c(c1)CCCC2)C(=O)Nc1ccccc1C(=O)NCc1ccco1. The van der Waals surface area contributed by atoms with Gasteiger partial charge in [0.15, 0.2) is 6.10 Å². The van der Waals surface area contributed by atoms with Gasteiger partial charge >= 0.3 is 0 Å². The molecule has 32 heavy (non-hydrogen) atoms. The molecule has 3 aromatic rings. The molecule has 0 fully saturated rings. The van der Waals surface area contributed by atoms with Crippen LogP contribution in [0.5, 0.6) is 5.75 Å². The number of para-hydroxylation sites is 1. The van der Waals surface area contributed by atoms with Crippen LogP contribution in [0.15, 0.2) is 65.3 Å². The number of nitrogens with one attached hydrogen (secondary N) is 2. The molecule has 1 aliphatic carbocycles. The van der Waals surface area contributed by atoms with E-state index in [0.717, 1.165) is 12.8 Å². The maximum Gasteiger partial charge on any atom is 0.265 e. The molecule has 1 heterocycles. The summed E-state index contributed by atoms with van der Waals surface area (Å²) >= 11 is 0. The van der Waals surface area contributed by atoms with Crippen LogP contribution in [0.4, 0.5) is 5.69 Å². The van der Waals surface area contributed by atoms with Gasteiger partial charge in [-0.15, -0.1) is 0 Å². The Morgan fingerprint density at radius 1 is 1.03 bits per heavy atom. The summed E-state index contributed by atoms with van der Waals surface area (Å²) < 4.78 is 11.3. The van der Waals surface area contributed by atoms with Crippen molar-refractivity contribution in [2.75, 3.05) is 5.32 Å². The molecule has 1 atom stereocenters. The largest absolute Gasteiger partial charge is 0.481 e. The number of hydrogen-bond acceptors (Lipinski definition) is 4. The van der Waals surface area contributed by atoms with E-state index in [-0.39, 0.29) is 18.4 Å². The van der Waals surface area contributed by atoms with Gasteiger partial charge in [0, 0.05) is 0 Å². The Morgan fingerprint density at radius 3 is 2.62 bits per heavy atom. The zero-order chi connectivity index (χ0) is 22.3. The second kappa shape index (κ2) is 10.2. The molecule has 0 radical (unpaired) electrons. The fraction of sp³-hybridized carbons (Fsp3) is 0.308. The minimum atomic E-state index is -0.657. The van der Waals surface area contributed by atoms with Crippen molar-refractivity contribution < 1.29 is 18.7 Å². The molecule has 166 valence electrons. The van der Waals surface area contributed by atoms with E-state index < -0.39 is 6.10 Å². The fourth-order valence-electron chi connectivity index (χ4n) is 3.95. The molecular weight excluding hydrogens is 404 g/mol. The highest BCUT2D eigenvalue weighted by Crippen LogP contribution is 2.26. The monoisotopic (exact) mass is 432 g/mol. The molecule has 6 heteroatoms. The first-order valence-corrected chi connectivity index (χ1v) is 11.1. The molecule has 2 N–H and O–H groups in total. The number of hydrogen-bond donors (Lipinski definition) is 2. The van der Waals surface area contributed by atoms with Crippen LogP contribution < -0.4 is 15.4 Å². The Kier molecular flexibility index (Phi) is 6.90. The first kappa shape index (κ1) is 21.7. The quantitative estimate of drug-likeness (QED) is 0.531. The predicted octanol–water partition coefficient (Wildman–Crippen LogP) is 4.88. The molecule has 0 unspecified atom stereocenters. The summed E-state index contributed by atoms with van der Waals surface area (Å²) in [6.45, 7) is 2.18. The Labute approximate surface area is 188 Å². The van der Waals surface area contributed by atoms with Gasteiger partial charge in [-0.3, -0.25) is 9.59 Å². The van der Waals surface area contributed by atoms with Crippen LogP contribution in [0.1, 0.15) is 53.4 Å². The summed E-state index contributed by atoms with van der Waals surface area (Å²) in [4.78, 5) is 25.6. The smallest absolute Gasteiger partial charge is 0.265 e. The standard InChI is InChI=1S/C26H28N2O4/c1-2-24(32-20-14-13-18-8-3-4-9-19(18)16-20)26(30)28-23-12-6-5-11-22(23)25(29)27-17-21-10-7-15-31-21/h5-7,10-16,24H,2-4,8-9,17H2,1H3,(H,27,29)(H,28,30)/t24-/m1/s1. The van der Waals surface area contributed by atoms with Gasteiger partial charge in [0.05, 0.1) is 24.1 Å². The average Bonchev–Trinajstić information content (AvgIpc) is 3.35. The van der Waals surface area contributed by atoms with Crippen molar-refractivity contribution >= 4 is 17.5 Å². The van der Waals surface area contributed by atoms with Crippen LogP contribution in [-0.2, 0) is 24.2 Å². The topological polar surface area (TPSA) is 80.6 Å². The molecule has 0 spiro atoms. The van der Waals surface area contributed by atoms with E-state index >= 15 is 0 Å². The van der Waals surface area contributed by atoms with Gasteiger partial charge in [-0.25, -0.2) is 0 Å². The number of amides is 2. The van der Waals surface area contributed by atoms with Crippen molar-refractivity contribution in [2.24, 2.45) is 0 Å². The minimum absolute atomic E-state index is 0.271. The Balaban J connectivity index is 1.42. The molecule has 2 amide bonds. The van der Waals surface area contributed by atoms with Gasteiger partial charge in [0.2, 0.25) is 0 Å². The van der Waals surface area contributed by atoms with Crippen molar-refractivity contribution in [3.8, 4) is 5.75 Å². The summed E-state index contributed by atoms with van der Waals surface area (Å²) in [6, 6.07) is 16.6. The van der Waals surface area contributed by atoms with E-state index in [9.17, 15) is 9.59 Å². The number of carbonyl (C=O) groups excluding carboxylic acids is 2. The maximum absolute atomic E-state index is 13.0. The van der Waals surface area contributed by atoms with Crippen molar-refractivity contribution in [3.63, 3.8) is 0 Å². The van der Waals surface area contributed by atoms with E-state index in [2.05, 4.69) is 22.8 Å². The number of anilines is 1. The second-order valence-corrected chi connectivity index (χ2v) is 7.95. The third kappa shape index (κ3) is 5.19. The fourth-order valence-corrected chi connectivity index (χ4v) is 3.95. The summed E-state index contributed by atoms with van der Waals surface area (Å²) in [5, 5.41) is 5.68. The van der Waals surface area contributed by atoms with Gasteiger partial charge < -0.3 is 19.8 Å². The molecule has 1 aromatic heterocycles. The lowest BCUT2D eigenvalue weighted by atomic mass is 9.92. The second-order valence-electron chi connectivity index (χ2n) is 7.95. The lowest BCUT2D eigenvalue weighted by Crippen LogP contribution is -2.33. The minimum Gasteiger partial charge on any atom is -0.481 e. The van der Waals surface area contributed by atoms with Gasteiger partial charge in [0.25, 0.3) is 11.8 Å². The van der Waals surface area contributed by atoms with E-state index in [4.69, 9.17) is 9.15 Å². The zero-order valence-corrected chi connectivity index (χ0v) is 18.2. The number of furan rings is 1. The first-order valence-electron chi connectivity index (χ1n) is 11.1. The molecule has 2 aromatic carbocycles. The molecule has 0 saturated carbocycles. The summed E-state index contributed by atoms with van der Waals surface area (Å²) in [5.74, 6) is 0.791. The van der Waals surface area contributed by atoms with Crippen LogP contribution >= 0.6 is 0 Å². The van der Waals surface area contributed by atoms with E-state index in [0.29, 0.717) is 29.2 Å². The van der Waals surface area contributed by atoms with Crippen molar-refractivity contribution in [2.45, 2.75) is 51.7 Å². The van der Waals surface area contributed by atoms with Crippen LogP contribution in [0, 0.1) is 0 Å². The van der Waals surface area contributed by atoms with E-state index in [1.165, 1.54) is 24.0 Å². The summed E-state index contributed by atoms with van der Waals surface area (Å²) in [7, 11) is 0. The molecule has 0 bridgehead atoms. The molecule has 6 nitrogen and oxygen atoms in total. The van der Waals surface area contributed by atoms with Gasteiger partial charge in [0.1, 0.15) is 11.5 Å². The number of aryl methyl sites for hydroxylation is 2. The van der Waals surface area contributed by atoms with Gasteiger partial charge in [-0.2, -0.15) is 0 Å². The third-order valence-electron chi connectivity index (χ3n) is 5.69. The third-order valence-corrected chi connectivity index (χ3v) is 5.69. The summed E-state index contributed by atoms with van der Waals surface area (Å²) in [5.41, 5.74) is 3.51. The highest BCUT2D eigenvalue weighted by Gasteiger charge is 2.22. The number of ether oxygens (including phenoxy) is 1. The Morgan fingerprint density at radius 2 is 1.84 bits per heavy atom. The first-order chi connectivity index (χ1) is 15.6.